The highest BCUT2D eigenvalue weighted by atomic mass is 19.4. The number of pyridine rings is 2. The molecule has 2 N–H and O–H groups in total. The van der Waals surface area contributed by atoms with Gasteiger partial charge in [0.25, 0.3) is 0 Å². The van der Waals surface area contributed by atoms with E-state index in [-0.39, 0.29) is 29.3 Å². The highest BCUT2D eigenvalue weighted by Gasteiger charge is 2.32. The first-order chi connectivity index (χ1) is 15.4. The summed E-state index contributed by atoms with van der Waals surface area (Å²) in [6, 6.07) is 8.94. The quantitative estimate of drug-likeness (QED) is 0.514. The van der Waals surface area contributed by atoms with Crippen LogP contribution in [0.4, 0.5) is 30.5 Å². The van der Waals surface area contributed by atoms with E-state index in [1.165, 1.54) is 13.2 Å². The summed E-state index contributed by atoms with van der Waals surface area (Å²) in [6.45, 7) is 5.82. The first-order valence-corrected chi connectivity index (χ1v) is 9.93. The molecule has 0 saturated heterocycles. The molecule has 0 aliphatic rings. The average molecular weight is 460 g/mol. The molecule has 3 heterocycles. The number of esters is 1. The van der Waals surface area contributed by atoms with Crippen molar-refractivity contribution in [2.75, 3.05) is 17.7 Å². The van der Waals surface area contributed by atoms with Gasteiger partial charge in [0, 0.05) is 23.5 Å². The zero-order valence-corrected chi connectivity index (χ0v) is 18.5. The molecule has 33 heavy (non-hydrogen) atoms. The fourth-order valence-corrected chi connectivity index (χ4v) is 2.81. The number of halogens is 3. The zero-order chi connectivity index (χ0) is 24.2. The van der Waals surface area contributed by atoms with E-state index in [0.29, 0.717) is 17.2 Å². The van der Waals surface area contributed by atoms with Gasteiger partial charge < -0.3 is 15.4 Å². The van der Waals surface area contributed by atoms with Crippen molar-refractivity contribution in [3.05, 3.63) is 54.0 Å². The Hall–Kier alpha value is -3.76. The van der Waals surface area contributed by atoms with Gasteiger partial charge in [-0.25, -0.2) is 15.0 Å². The summed E-state index contributed by atoms with van der Waals surface area (Å²) in [7, 11) is 1.29. The Kier molecular flexibility index (Phi) is 6.80. The number of methoxy groups -OCH3 is 1. The maximum Gasteiger partial charge on any atom is 0.433 e. The van der Waals surface area contributed by atoms with Gasteiger partial charge in [0.15, 0.2) is 5.82 Å². The van der Waals surface area contributed by atoms with Crippen molar-refractivity contribution < 1.29 is 22.7 Å². The van der Waals surface area contributed by atoms with Gasteiger partial charge in [-0.15, -0.1) is 0 Å². The summed E-state index contributed by atoms with van der Waals surface area (Å²) in [5.41, 5.74) is -0.343. The van der Waals surface area contributed by atoms with E-state index in [2.05, 4.69) is 35.3 Å². The number of anilines is 3. The standard InChI is InChI=1S/C22H23F3N6O2/c1-21(2,3)31-18-12-17(28-14-8-9-26-16(10-14)22(23,24)25)29-20(30-18)15-7-5-6-13(27-15)11-19(32)33-4/h5-10,12H,11H2,1-4H3,(H2,26,28,29,30,31). The molecule has 8 nitrogen and oxygen atoms in total. The summed E-state index contributed by atoms with van der Waals surface area (Å²) < 4.78 is 43.8. The first-order valence-electron chi connectivity index (χ1n) is 9.93. The van der Waals surface area contributed by atoms with Crippen LogP contribution in [0.5, 0.6) is 0 Å². The van der Waals surface area contributed by atoms with Crippen LogP contribution in [0.15, 0.2) is 42.6 Å². The van der Waals surface area contributed by atoms with Crippen molar-refractivity contribution in [1.29, 1.82) is 0 Å². The summed E-state index contributed by atoms with van der Waals surface area (Å²) in [6.07, 6.45) is -3.52. The highest BCUT2D eigenvalue weighted by Crippen LogP contribution is 2.30. The number of hydrogen-bond donors (Lipinski definition) is 2. The van der Waals surface area contributed by atoms with Crippen molar-refractivity contribution >= 4 is 23.3 Å². The van der Waals surface area contributed by atoms with Crippen molar-refractivity contribution in [3.63, 3.8) is 0 Å². The van der Waals surface area contributed by atoms with Crippen molar-refractivity contribution in [2.24, 2.45) is 0 Å². The van der Waals surface area contributed by atoms with Gasteiger partial charge in [-0.2, -0.15) is 13.2 Å². The number of aromatic nitrogens is 4. The van der Waals surface area contributed by atoms with Crippen LogP contribution < -0.4 is 10.6 Å². The molecule has 3 aromatic rings. The minimum absolute atomic E-state index is 0.0212. The molecule has 3 rings (SSSR count). The van der Waals surface area contributed by atoms with E-state index >= 15 is 0 Å². The summed E-state index contributed by atoms with van der Waals surface area (Å²) in [4.78, 5) is 28.3. The molecular weight excluding hydrogens is 437 g/mol. The van der Waals surface area contributed by atoms with Gasteiger partial charge >= 0.3 is 12.1 Å². The molecule has 0 fully saturated rings. The molecule has 0 aliphatic heterocycles. The van der Waals surface area contributed by atoms with E-state index in [0.717, 1.165) is 12.3 Å². The van der Waals surface area contributed by atoms with Crippen molar-refractivity contribution in [2.45, 2.75) is 38.9 Å². The molecule has 0 unspecified atom stereocenters. The third-order valence-electron chi connectivity index (χ3n) is 4.14. The first kappa shape index (κ1) is 23.9. The summed E-state index contributed by atoms with van der Waals surface area (Å²) >= 11 is 0. The number of ether oxygens (including phenoxy) is 1. The summed E-state index contributed by atoms with van der Waals surface area (Å²) in [5, 5.41) is 6.10. The minimum Gasteiger partial charge on any atom is -0.469 e. The Morgan fingerprint density at radius 2 is 1.76 bits per heavy atom. The lowest BCUT2D eigenvalue weighted by molar-refractivity contribution is -0.141. The molecule has 0 saturated carbocycles. The minimum atomic E-state index is -4.57. The zero-order valence-electron chi connectivity index (χ0n) is 18.5. The van der Waals surface area contributed by atoms with E-state index in [9.17, 15) is 18.0 Å². The number of rotatable bonds is 6. The fraction of sp³-hybridized carbons (Fsp3) is 0.318. The van der Waals surface area contributed by atoms with Gasteiger partial charge in [0.05, 0.1) is 19.2 Å². The molecular formula is C22H23F3N6O2. The highest BCUT2D eigenvalue weighted by molar-refractivity contribution is 5.72. The van der Waals surface area contributed by atoms with E-state index in [4.69, 9.17) is 0 Å². The van der Waals surface area contributed by atoms with E-state index in [1.807, 2.05) is 20.8 Å². The second kappa shape index (κ2) is 9.39. The van der Waals surface area contributed by atoms with Gasteiger partial charge in [0.2, 0.25) is 0 Å². The van der Waals surface area contributed by atoms with Crippen LogP contribution in [0.25, 0.3) is 11.5 Å². The molecule has 0 bridgehead atoms. The van der Waals surface area contributed by atoms with Crippen LogP contribution in [-0.2, 0) is 22.1 Å². The predicted octanol–water partition coefficient (Wildman–Crippen LogP) is 4.62. The molecule has 0 aromatic carbocycles. The van der Waals surface area contributed by atoms with Crippen LogP contribution in [-0.4, -0.2) is 38.6 Å². The molecule has 174 valence electrons. The number of alkyl halides is 3. The average Bonchev–Trinajstić information content (AvgIpc) is 2.72. The maximum atomic E-state index is 13.0. The Bertz CT molecular complexity index is 1150. The molecule has 0 atom stereocenters. The molecule has 0 amide bonds. The molecule has 0 aliphatic carbocycles. The van der Waals surface area contributed by atoms with Crippen LogP contribution >= 0.6 is 0 Å². The Balaban J connectivity index is 2.00. The summed E-state index contributed by atoms with van der Waals surface area (Å²) in [5.74, 6) is 0.485. The predicted molar refractivity (Wildman–Crippen MR) is 117 cm³/mol. The Morgan fingerprint density at radius 1 is 1.03 bits per heavy atom. The normalized spacial score (nSPS) is 11.7. The Morgan fingerprint density at radius 3 is 2.42 bits per heavy atom. The topological polar surface area (TPSA) is 102 Å². The lowest BCUT2D eigenvalue weighted by atomic mass is 10.1. The molecule has 11 heteroatoms. The van der Waals surface area contributed by atoms with Crippen LogP contribution in [0.2, 0.25) is 0 Å². The number of nitrogens with one attached hydrogen (secondary N) is 2. The number of carbonyl (C=O) groups excluding carboxylic acids is 1. The van der Waals surface area contributed by atoms with Gasteiger partial charge in [-0.3, -0.25) is 9.78 Å². The number of hydrogen-bond acceptors (Lipinski definition) is 8. The third-order valence-corrected chi connectivity index (χ3v) is 4.14. The van der Waals surface area contributed by atoms with Gasteiger partial charge in [-0.1, -0.05) is 6.07 Å². The lowest BCUT2D eigenvalue weighted by Gasteiger charge is -2.22. The monoisotopic (exact) mass is 460 g/mol. The van der Waals surface area contributed by atoms with Crippen molar-refractivity contribution in [1.82, 2.24) is 19.9 Å². The van der Waals surface area contributed by atoms with Crippen LogP contribution in [0.3, 0.4) is 0 Å². The molecule has 0 radical (unpaired) electrons. The number of nitrogens with zero attached hydrogens (tertiary/aromatic N) is 4. The van der Waals surface area contributed by atoms with Gasteiger partial charge in [-0.05, 0) is 45.0 Å². The molecule has 0 spiro atoms. The number of carbonyl (C=O) groups is 1. The third kappa shape index (κ3) is 6.86. The smallest absolute Gasteiger partial charge is 0.433 e. The fourth-order valence-electron chi connectivity index (χ4n) is 2.81. The van der Waals surface area contributed by atoms with Crippen LogP contribution in [0.1, 0.15) is 32.2 Å². The van der Waals surface area contributed by atoms with E-state index in [1.54, 1.807) is 24.3 Å². The van der Waals surface area contributed by atoms with Gasteiger partial charge in [0.1, 0.15) is 23.0 Å². The van der Waals surface area contributed by atoms with E-state index < -0.39 is 17.8 Å². The second-order valence-electron chi connectivity index (χ2n) is 8.16. The Labute approximate surface area is 188 Å². The lowest BCUT2D eigenvalue weighted by Crippen LogP contribution is -2.27. The van der Waals surface area contributed by atoms with Crippen LogP contribution in [0, 0.1) is 0 Å². The maximum absolute atomic E-state index is 13.0. The largest absolute Gasteiger partial charge is 0.469 e. The van der Waals surface area contributed by atoms with Crippen molar-refractivity contribution in [3.8, 4) is 11.5 Å². The second-order valence-corrected chi connectivity index (χ2v) is 8.16. The molecule has 3 aromatic heterocycles. The SMILES string of the molecule is COC(=O)Cc1cccc(-c2nc(Nc3ccnc(C(F)(F)F)c3)cc(NC(C)(C)C)n2)n1.